The number of thiazole rings is 2. The second kappa shape index (κ2) is 19.9. The molecule has 0 aliphatic carbocycles. The highest BCUT2D eigenvalue weighted by Gasteiger charge is 2.37. The molecule has 2 aliphatic heterocycles. The highest BCUT2D eigenvalue weighted by Crippen LogP contribution is 2.37. The number of sulfonamides is 2. The minimum atomic E-state index is -4.66. The van der Waals surface area contributed by atoms with Crippen molar-refractivity contribution in [1.29, 1.82) is 0 Å². The number of aryl methyl sites for hydroxylation is 1. The summed E-state index contributed by atoms with van der Waals surface area (Å²) < 4.78 is 133. The fourth-order valence-electron chi connectivity index (χ4n) is 7.13. The molecule has 4 aromatic carbocycles. The summed E-state index contributed by atoms with van der Waals surface area (Å²) in [7, 11) is -8.32. The van der Waals surface area contributed by atoms with Gasteiger partial charge in [0.1, 0.15) is 9.79 Å². The SMILES string of the molecule is Cc1ccccc1Cc1csc(N2CCN(S(=O)(=O)c3cc(C(F)(F)F)ccc3Cl)CC2)n1.O=S(=O)(c1cc(C(F)(F)F)ccc1Cl)N1CCN(c2nc(Cc3ccccc3)cs2)CC1. The van der Waals surface area contributed by atoms with Crippen LogP contribution in [0.25, 0.3) is 0 Å². The number of alkyl halides is 6. The average molecular weight is 1020 g/mol. The number of aromatic nitrogens is 2. The Morgan fingerprint density at radius 1 is 0.569 bits per heavy atom. The van der Waals surface area contributed by atoms with Gasteiger partial charge in [-0.25, -0.2) is 26.8 Å². The molecule has 0 saturated carbocycles. The fraction of sp³-hybridized carbons (Fsp3) is 0.302. The quantitative estimate of drug-likeness (QED) is 0.125. The van der Waals surface area contributed by atoms with Crippen molar-refractivity contribution in [2.24, 2.45) is 0 Å². The molecule has 0 N–H and O–H groups in total. The lowest BCUT2D eigenvalue weighted by Gasteiger charge is -2.34. The van der Waals surface area contributed by atoms with Crippen molar-refractivity contribution in [2.75, 3.05) is 62.2 Å². The van der Waals surface area contributed by atoms with Gasteiger partial charge in [-0.3, -0.25) is 0 Å². The van der Waals surface area contributed by atoms with Gasteiger partial charge in [0, 0.05) is 76.0 Å². The van der Waals surface area contributed by atoms with Gasteiger partial charge in [-0.1, -0.05) is 77.8 Å². The molecule has 22 heteroatoms. The summed E-state index contributed by atoms with van der Waals surface area (Å²) in [6, 6.07) is 22.7. The number of rotatable bonds is 10. The Hall–Kier alpha value is -4.28. The second-order valence-corrected chi connectivity index (χ2v) is 21.4. The van der Waals surface area contributed by atoms with Crippen LogP contribution in [0.1, 0.15) is 39.2 Å². The predicted octanol–water partition coefficient (Wildman–Crippen LogP) is 10.1. The smallest absolute Gasteiger partial charge is 0.345 e. The number of anilines is 2. The van der Waals surface area contributed by atoms with E-state index in [4.69, 9.17) is 28.2 Å². The monoisotopic (exact) mass is 1020 g/mol. The lowest BCUT2D eigenvalue weighted by Crippen LogP contribution is -2.48. The van der Waals surface area contributed by atoms with E-state index in [9.17, 15) is 43.2 Å². The molecule has 6 aromatic rings. The number of hydrogen-bond donors (Lipinski definition) is 0. The molecular formula is C43H40Cl2F6N6O4S4. The largest absolute Gasteiger partial charge is 0.416 e. The van der Waals surface area contributed by atoms with E-state index in [2.05, 4.69) is 24.0 Å². The summed E-state index contributed by atoms with van der Waals surface area (Å²) in [4.78, 5) is 12.3. The second-order valence-electron chi connectivity index (χ2n) is 15.1. The highest BCUT2D eigenvalue weighted by molar-refractivity contribution is 7.89. The summed E-state index contributed by atoms with van der Waals surface area (Å²) in [6.07, 6.45) is -7.89. The third-order valence-corrected chi connectivity index (χ3v) is 17.4. The molecule has 10 nitrogen and oxygen atoms in total. The van der Waals surface area contributed by atoms with E-state index < -0.39 is 53.3 Å². The first-order valence-electron chi connectivity index (χ1n) is 19.9. The molecule has 2 aliphatic rings. The van der Waals surface area contributed by atoms with Crippen LogP contribution in [0, 0.1) is 6.92 Å². The van der Waals surface area contributed by atoms with Crippen molar-refractivity contribution < 1.29 is 43.2 Å². The summed E-state index contributed by atoms with van der Waals surface area (Å²) >= 11 is 14.9. The maximum Gasteiger partial charge on any atom is 0.416 e. The van der Waals surface area contributed by atoms with Gasteiger partial charge < -0.3 is 9.80 Å². The number of piperazine rings is 2. The molecule has 2 fully saturated rings. The normalized spacial score (nSPS) is 15.8. The Kier molecular flexibility index (Phi) is 14.9. The Labute approximate surface area is 390 Å². The maximum absolute atomic E-state index is 13.1. The first-order valence-corrected chi connectivity index (χ1v) is 25.3. The van der Waals surface area contributed by atoms with E-state index in [-0.39, 0.29) is 36.2 Å². The molecule has 0 bridgehead atoms. The lowest BCUT2D eigenvalue weighted by molar-refractivity contribution is -0.138. The van der Waals surface area contributed by atoms with Gasteiger partial charge >= 0.3 is 12.4 Å². The van der Waals surface area contributed by atoms with Crippen LogP contribution in [0.15, 0.2) is 112 Å². The van der Waals surface area contributed by atoms with Crippen molar-refractivity contribution in [3.05, 3.63) is 151 Å². The maximum atomic E-state index is 13.1. The molecular weight excluding hydrogens is 978 g/mol. The molecule has 8 rings (SSSR count). The van der Waals surface area contributed by atoms with Gasteiger partial charge in [-0.2, -0.15) is 35.0 Å². The third kappa shape index (κ3) is 11.6. The Balaban J connectivity index is 0.000000194. The van der Waals surface area contributed by atoms with Crippen LogP contribution in [0.5, 0.6) is 0 Å². The summed E-state index contributed by atoms with van der Waals surface area (Å²) in [6.45, 7) is 4.09. The van der Waals surface area contributed by atoms with E-state index in [1.54, 1.807) is 0 Å². The van der Waals surface area contributed by atoms with Crippen LogP contribution in [0.4, 0.5) is 36.6 Å². The molecule has 0 radical (unpaired) electrons. The first-order chi connectivity index (χ1) is 30.7. The van der Waals surface area contributed by atoms with Crippen LogP contribution in [-0.4, -0.2) is 87.8 Å². The number of hydrogen-bond acceptors (Lipinski definition) is 10. The van der Waals surface area contributed by atoms with Gasteiger partial charge in [0.25, 0.3) is 0 Å². The summed E-state index contributed by atoms with van der Waals surface area (Å²) in [5, 5.41) is 5.11. The number of nitrogens with zero attached hydrogens (tertiary/aromatic N) is 6. The average Bonchev–Trinajstić information content (AvgIpc) is 3.95. The van der Waals surface area contributed by atoms with E-state index in [1.807, 2.05) is 63.0 Å². The first kappa shape index (κ1) is 48.6. The van der Waals surface area contributed by atoms with Gasteiger partial charge in [-0.05, 0) is 60.0 Å². The van der Waals surface area contributed by atoms with Gasteiger partial charge in [-0.15, -0.1) is 22.7 Å². The van der Waals surface area contributed by atoms with Crippen molar-refractivity contribution in [2.45, 2.75) is 41.9 Å². The van der Waals surface area contributed by atoms with E-state index in [1.165, 1.54) is 42.4 Å². The molecule has 2 aromatic heterocycles. The van der Waals surface area contributed by atoms with Crippen molar-refractivity contribution >= 4 is 76.2 Å². The zero-order valence-electron chi connectivity index (χ0n) is 34.4. The van der Waals surface area contributed by atoms with Crippen LogP contribution < -0.4 is 9.80 Å². The molecule has 2 saturated heterocycles. The highest BCUT2D eigenvalue weighted by atomic mass is 35.5. The molecule has 0 atom stereocenters. The number of halogens is 8. The van der Waals surface area contributed by atoms with E-state index in [0.29, 0.717) is 51.2 Å². The van der Waals surface area contributed by atoms with Gasteiger partial charge in [0.2, 0.25) is 20.0 Å². The van der Waals surface area contributed by atoms with Crippen LogP contribution in [-0.2, 0) is 45.2 Å². The lowest BCUT2D eigenvalue weighted by atomic mass is 10.1. The van der Waals surface area contributed by atoms with Crippen LogP contribution >= 0.6 is 45.9 Å². The standard InChI is InChI=1S/C22H21ClF3N3O2S2.C21H19ClF3N3O2S2/c1-15-4-2-3-5-16(15)12-18-14-32-21(27-18)28-8-10-29(11-9-28)33(30,31)20-13-17(22(24,25)26)6-7-19(20)23;22-18-7-6-16(21(23,24)25)13-19(18)32(29,30)28-10-8-27(9-11-28)20-26-17(14-31-20)12-15-4-2-1-3-5-15/h2-7,13-14H,8-12H2,1H3;1-7,13-14H,8-12H2. The Bertz CT molecular complexity index is 2830. The fourth-order valence-corrected chi connectivity index (χ4v) is 12.7. The van der Waals surface area contributed by atoms with Crippen molar-refractivity contribution in [1.82, 2.24) is 18.6 Å². The van der Waals surface area contributed by atoms with Crippen LogP contribution in [0.2, 0.25) is 10.0 Å². The van der Waals surface area contributed by atoms with Crippen molar-refractivity contribution in [3.63, 3.8) is 0 Å². The number of benzene rings is 4. The van der Waals surface area contributed by atoms with Gasteiger partial charge in [0.15, 0.2) is 10.3 Å². The van der Waals surface area contributed by atoms with E-state index >= 15 is 0 Å². The summed E-state index contributed by atoms with van der Waals surface area (Å²) in [5.41, 5.74) is 3.32. The predicted molar refractivity (Wildman–Crippen MR) is 242 cm³/mol. The molecule has 0 unspecified atom stereocenters. The molecule has 4 heterocycles. The van der Waals surface area contributed by atoms with Crippen molar-refractivity contribution in [3.8, 4) is 0 Å². The Morgan fingerprint density at radius 3 is 1.42 bits per heavy atom. The van der Waals surface area contributed by atoms with Gasteiger partial charge in [0.05, 0.1) is 32.6 Å². The molecule has 65 heavy (non-hydrogen) atoms. The minimum absolute atomic E-state index is 0.127. The molecule has 0 amide bonds. The molecule has 0 spiro atoms. The molecule has 346 valence electrons. The van der Waals surface area contributed by atoms with Crippen LogP contribution in [0.3, 0.4) is 0 Å². The third-order valence-electron chi connectivity index (χ3n) is 10.7. The Morgan fingerprint density at radius 2 is 0.985 bits per heavy atom. The summed E-state index contributed by atoms with van der Waals surface area (Å²) in [5.74, 6) is 0. The zero-order valence-corrected chi connectivity index (χ0v) is 39.1. The zero-order chi connectivity index (χ0) is 46.7. The van der Waals surface area contributed by atoms with E-state index in [0.717, 1.165) is 51.5 Å². The topological polar surface area (TPSA) is 107 Å². The minimum Gasteiger partial charge on any atom is -0.345 e.